The molecular weight excluding hydrogens is 542 g/mol. The summed E-state index contributed by atoms with van der Waals surface area (Å²) in [5.74, 6) is 1.41. The van der Waals surface area contributed by atoms with Crippen LogP contribution in [0.1, 0.15) is 63.6 Å². The van der Waals surface area contributed by atoms with E-state index in [0.29, 0.717) is 42.7 Å². The van der Waals surface area contributed by atoms with Gasteiger partial charge >= 0.3 is 6.09 Å². The quantitative estimate of drug-likeness (QED) is 0.331. The Bertz CT molecular complexity index is 1410. The van der Waals surface area contributed by atoms with Crippen LogP contribution < -0.4 is 4.74 Å². The molecule has 4 fully saturated rings. The highest BCUT2D eigenvalue weighted by Gasteiger charge is 2.43. The van der Waals surface area contributed by atoms with Gasteiger partial charge in [-0.3, -0.25) is 14.5 Å². The van der Waals surface area contributed by atoms with Crippen LogP contribution in [-0.2, 0) is 0 Å². The van der Waals surface area contributed by atoms with Gasteiger partial charge in [0.15, 0.2) is 0 Å². The number of aldehydes is 1. The molecule has 4 aliphatic rings. The fraction of sp³-hybridized carbons (Fsp3) is 0.400. The van der Waals surface area contributed by atoms with E-state index in [2.05, 4.69) is 4.90 Å². The van der Waals surface area contributed by atoms with Gasteiger partial charge in [0.25, 0.3) is 5.91 Å². The van der Waals surface area contributed by atoms with Crippen molar-refractivity contribution in [3.8, 4) is 5.75 Å². The second kappa shape index (κ2) is 13.0. The van der Waals surface area contributed by atoms with E-state index in [1.165, 1.54) is 0 Å². The van der Waals surface area contributed by atoms with Gasteiger partial charge in [0.05, 0.1) is 18.7 Å². The summed E-state index contributed by atoms with van der Waals surface area (Å²) in [5, 5.41) is 10.6. The predicted octanol–water partition coefficient (Wildman–Crippen LogP) is 5.59. The lowest BCUT2D eigenvalue weighted by atomic mass is 9.81. The molecule has 224 valence electrons. The van der Waals surface area contributed by atoms with E-state index >= 15 is 0 Å². The van der Waals surface area contributed by atoms with Crippen molar-refractivity contribution >= 4 is 18.3 Å². The molecule has 0 spiro atoms. The highest BCUT2D eigenvalue weighted by Crippen LogP contribution is 2.39. The van der Waals surface area contributed by atoms with Crippen molar-refractivity contribution in [1.29, 1.82) is 0 Å². The number of rotatable bonds is 9. The number of hydrogen-bond acceptors (Lipinski definition) is 5. The van der Waals surface area contributed by atoms with E-state index < -0.39 is 12.1 Å². The summed E-state index contributed by atoms with van der Waals surface area (Å²) >= 11 is 0. The van der Waals surface area contributed by atoms with Crippen molar-refractivity contribution in [2.24, 2.45) is 11.8 Å². The van der Waals surface area contributed by atoms with Gasteiger partial charge in [-0.25, -0.2) is 4.79 Å². The third-order valence-electron chi connectivity index (χ3n) is 9.45. The normalized spacial score (nSPS) is 22.5. The number of ether oxygens (including phenoxy) is 1. The summed E-state index contributed by atoms with van der Waals surface area (Å²) in [7, 11) is 0. The van der Waals surface area contributed by atoms with Crippen LogP contribution in [0.5, 0.6) is 5.75 Å². The topological polar surface area (TPSA) is 90.4 Å². The van der Waals surface area contributed by atoms with Crippen molar-refractivity contribution in [2.75, 3.05) is 39.3 Å². The van der Waals surface area contributed by atoms with E-state index in [1.54, 1.807) is 29.2 Å². The molecule has 0 aliphatic carbocycles. The first kappa shape index (κ1) is 28.9. The average Bonchev–Trinajstić information content (AvgIpc) is 3.07. The molecular formula is C35H39N3O5. The number of benzene rings is 3. The van der Waals surface area contributed by atoms with Gasteiger partial charge in [0.1, 0.15) is 12.0 Å². The third kappa shape index (κ3) is 6.44. The van der Waals surface area contributed by atoms with Crippen LogP contribution in [0.15, 0.2) is 78.9 Å². The molecule has 0 aromatic heterocycles. The molecule has 0 unspecified atom stereocenters. The Labute approximate surface area is 252 Å². The molecule has 3 aromatic rings. The Balaban J connectivity index is 1.13. The Morgan fingerprint density at radius 3 is 2.21 bits per heavy atom. The maximum Gasteiger partial charge on any atom is 0.408 e. The zero-order valence-corrected chi connectivity index (χ0v) is 24.4. The number of hydrogen-bond donors (Lipinski definition) is 1. The first-order valence-electron chi connectivity index (χ1n) is 15.4. The van der Waals surface area contributed by atoms with Crippen molar-refractivity contribution in [3.63, 3.8) is 0 Å². The molecule has 8 nitrogen and oxygen atoms in total. The standard InChI is InChI=1S/C35H39N3O5/c39-23-25-9-11-29(12-10-25)34(40)37-19-13-26(14-20-37)24-43-31-8-4-7-30(21-31)33(28-5-2-1-3-6-28)38(35(41)42)32-22-36-17-15-27(32)16-18-36/h1-12,21,23,26-27,32-33H,13-20,22,24H2,(H,41,42)/t32-,33-/m0/s1. The van der Waals surface area contributed by atoms with Gasteiger partial charge in [-0.15, -0.1) is 0 Å². The average molecular weight is 582 g/mol. The molecule has 1 N–H and O–H groups in total. The zero-order chi connectivity index (χ0) is 29.8. The number of fused-ring (bicyclic) bond motifs is 3. The van der Waals surface area contributed by atoms with Crippen LogP contribution in [-0.4, -0.2) is 83.5 Å². The minimum atomic E-state index is -0.889. The molecule has 0 saturated carbocycles. The third-order valence-corrected chi connectivity index (χ3v) is 9.45. The molecule has 4 saturated heterocycles. The molecule has 2 atom stereocenters. The monoisotopic (exact) mass is 581 g/mol. The number of likely N-dealkylation sites (tertiary alicyclic amines) is 1. The van der Waals surface area contributed by atoms with Crippen molar-refractivity contribution < 1.29 is 24.2 Å². The predicted molar refractivity (Wildman–Crippen MR) is 163 cm³/mol. The largest absolute Gasteiger partial charge is 0.493 e. The molecule has 43 heavy (non-hydrogen) atoms. The summed E-state index contributed by atoms with van der Waals surface area (Å²) in [6, 6.07) is 24.1. The Morgan fingerprint density at radius 2 is 1.58 bits per heavy atom. The van der Waals surface area contributed by atoms with Gasteiger partial charge < -0.3 is 19.6 Å². The molecule has 0 radical (unpaired) electrons. The lowest BCUT2D eigenvalue weighted by Crippen LogP contribution is -2.59. The molecule has 4 heterocycles. The van der Waals surface area contributed by atoms with Gasteiger partial charge in [0, 0.05) is 30.8 Å². The summed E-state index contributed by atoms with van der Waals surface area (Å²) in [6.07, 6.45) is 3.65. The fourth-order valence-corrected chi connectivity index (χ4v) is 7.02. The van der Waals surface area contributed by atoms with E-state index in [9.17, 15) is 19.5 Å². The van der Waals surface area contributed by atoms with Gasteiger partial charge in [-0.2, -0.15) is 0 Å². The van der Waals surface area contributed by atoms with E-state index in [1.807, 2.05) is 59.5 Å². The molecule has 8 heteroatoms. The molecule has 2 amide bonds. The van der Waals surface area contributed by atoms with Crippen LogP contribution >= 0.6 is 0 Å². The fourth-order valence-electron chi connectivity index (χ4n) is 7.02. The molecule has 3 aromatic carbocycles. The van der Waals surface area contributed by atoms with Gasteiger partial charge in [-0.1, -0.05) is 54.6 Å². The van der Waals surface area contributed by atoms with Crippen LogP contribution in [0.2, 0.25) is 0 Å². The summed E-state index contributed by atoms with van der Waals surface area (Å²) in [5.41, 5.74) is 3.01. The maximum absolute atomic E-state index is 12.9. The van der Waals surface area contributed by atoms with Crippen LogP contribution in [0.25, 0.3) is 0 Å². The first-order chi connectivity index (χ1) is 21.0. The van der Waals surface area contributed by atoms with E-state index in [-0.39, 0.29) is 11.9 Å². The Kier molecular flexibility index (Phi) is 8.74. The molecule has 4 aliphatic heterocycles. The van der Waals surface area contributed by atoms with Crippen LogP contribution in [0, 0.1) is 11.8 Å². The van der Waals surface area contributed by atoms with Crippen molar-refractivity contribution in [1.82, 2.24) is 14.7 Å². The van der Waals surface area contributed by atoms with E-state index in [0.717, 1.165) is 68.5 Å². The SMILES string of the molecule is O=Cc1ccc(C(=O)N2CCC(COc3cccc([C@H](c4ccccc4)N(C(=O)O)[C@H]4CN5CCC4CC5)c3)CC2)cc1. The van der Waals surface area contributed by atoms with Crippen LogP contribution in [0.4, 0.5) is 4.79 Å². The molecule has 7 rings (SSSR count). The summed E-state index contributed by atoms with van der Waals surface area (Å²) in [4.78, 5) is 42.7. The number of nitrogens with zero attached hydrogens (tertiary/aromatic N) is 3. The number of carbonyl (C=O) groups excluding carboxylic acids is 2. The summed E-state index contributed by atoms with van der Waals surface area (Å²) in [6.45, 7) is 4.74. The number of carbonyl (C=O) groups is 3. The van der Waals surface area contributed by atoms with Gasteiger partial charge in [0.2, 0.25) is 0 Å². The van der Waals surface area contributed by atoms with Crippen molar-refractivity contribution in [2.45, 2.75) is 37.8 Å². The van der Waals surface area contributed by atoms with Crippen LogP contribution in [0.3, 0.4) is 0 Å². The van der Waals surface area contributed by atoms with Crippen molar-refractivity contribution in [3.05, 3.63) is 101 Å². The minimum absolute atomic E-state index is 0.0116. The Hall–Kier alpha value is -4.17. The zero-order valence-electron chi connectivity index (χ0n) is 24.4. The number of piperidine rings is 4. The highest BCUT2D eigenvalue weighted by atomic mass is 16.5. The highest BCUT2D eigenvalue weighted by molar-refractivity contribution is 5.95. The second-order valence-corrected chi connectivity index (χ2v) is 12.1. The number of carboxylic acid groups (broad SMARTS) is 1. The smallest absolute Gasteiger partial charge is 0.408 e. The Morgan fingerprint density at radius 1 is 0.884 bits per heavy atom. The minimum Gasteiger partial charge on any atom is -0.493 e. The number of amides is 2. The lowest BCUT2D eigenvalue weighted by Gasteiger charge is -2.50. The molecule has 2 bridgehead atoms. The first-order valence-corrected chi connectivity index (χ1v) is 15.4. The second-order valence-electron chi connectivity index (χ2n) is 12.1. The lowest BCUT2D eigenvalue weighted by molar-refractivity contribution is -0.000816. The van der Waals surface area contributed by atoms with Gasteiger partial charge in [-0.05, 0) is 86.0 Å². The summed E-state index contributed by atoms with van der Waals surface area (Å²) < 4.78 is 6.30. The van der Waals surface area contributed by atoms with E-state index in [4.69, 9.17) is 4.74 Å². The maximum atomic E-state index is 12.9.